The van der Waals surface area contributed by atoms with E-state index in [1.54, 1.807) is 36.7 Å². The van der Waals surface area contributed by atoms with Crippen molar-refractivity contribution in [1.29, 1.82) is 0 Å². The Morgan fingerprint density at radius 2 is 1.84 bits per heavy atom. The fraction of sp³-hybridized carbons (Fsp3) is 0. The average Bonchev–Trinajstić information content (AvgIpc) is 3.34. The molecule has 1 N–H and O–H groups in total. The van der Waals surface area contributed by atoms with Crippen molar-refractivity contribution in [3.8, 4) is 22.8 Å². The lowest BCUT2D eigenvalue weighted by atomic mass is 10.0. The quantitative estimate of drug-likeness (QED) is 0.613. The highest BCUT2D eigenvalue weighted by Gasteiger charge is 2.14. The van der Waals surface area contributed by atoms with Gasteiger partial charge < -0.3 is 8.83 Å². The number of carbonyl (C=O) groups is 1. The third-order valence-corrected chi connectivity index (χ3v) is 3.52. The molecule has 3 aromatic heterocycles. The maximum atomic E-state index is 12.4. The summed E-state index contributed by atoms with van der Waals surface area (Å²) in [4.78, 5) is 16.4. The number of anilines is 1. The van der Waals surface area contributed by atoms with E-state index in [9.17, 15) is 4.79 Å². The third kappa shape index (κ3) is 3.16. The number of amides is 1. The Bertz CT molecular complexity index is 994. The van der Waals surface area contributed by atoms with E-state index >= 15 is 0 Å². The van der Waals surface area contributed by atoms with Crippen LogP contribution in [-0.4, -0.2) is 21.1 Å². The molecule has 4 rings (SSSR count). The fourth-order valence-electron chi connectivity index (χ4n) is 2.33. The summed E-state index contributed by atoms with van der Waals surface area (Å²) in [7, 11) is 0. The fourth-order valence-corrected chi connectivity index (χ4v) is 2.33. The van der Waals surface area contributed by atoms with Gasteiger partial charge in [-0.1, -0.05) is 17.2 Å². The Labute approximate surface area is 142 Å². The Kier molecular flexibility index (Phi) is 3.80. The van der Waals surface area contributed by atoms with Crippen LogP contribution in [0.3, 0.4) is 0 Å². The second kappa shape index (κ2) is 6.40. The number of aromatic nitrogens is 3. The monoisotopic (exact) mass is 332 g/mol. The molecule has 122 valence electrons. The highest BCUT2D eigenvalue weighted by Crippen LogP contribution is 2.22. The molecule has 0 atom stereocenters. The zero-order chi connectivity index (χ0) is 17.1. The summed E-state index contributed by atoms with van der Waals surface area (Å²) in [5.74, 6) is 0.295. The van der Waals surface area contributed by atoms with Crippen molar-refractivity contribution in [3.63, 3.8) is 0 Å². The van der Waals surface area contributed by atoms with Gasteiger partial charge in [0.25, 0.3) is 11.8 Å². The van der Waals surface area contributed by atoms with E-state index in [4.69, 9.17) is 8.83 Å². The molecule has 1 amide bonds. The standard InChI is InChI=1S/C18H12N4O3/c23-16(20-18-22-21-17(25-18)15-5-2-10-24-15)14-4-1-3-13(11-14)12-6-8-19-9-7-12/h1-11H,(H,20,22,23). The Hall–Kier alpha value is -3.74. The van der Waals surface area contributed by atoms with Crippen molar-refractivity contribution in [2.75, 3.05) is 5.32 Å². The predicted molar refractivity (Wildman–Crippen MR) is 89.6 cm³/mol. The highest BCUT2D eigenvalue weighted by atomic mass is 16.4. The lowest BCUT2D eigenvalue weighted by Gasteiger charge is -2.04. The molecule has 7 nitrogen and oxygen atoms in total. The molecule has 25 heavy (non-hydrogen) atoms. The van der Waals surface area contributed by atoms with Crippen LogP contribution in [0, 0.1) is 0 Å². The number of furan rings is 1. The summed E-state index contributed by atoms with van der Waals surface area (Å²) >= 11 is 0. The van der Waals surface area contributed by atoms with Gasteiger partial charge in [-0.3, -0.25) is 15.1 Å². The molecular formula is C18H12N4O3. The number of rotatable bonds is 4. The van der Waals surface area contributed by atoms with Gasteiger partial charge in [0.2, 0.25) is 0 Å². The number of benzene rings is 1. The molecule has 0 aliphatic heterocycles. The van der Waals surface area contributed by atoms with Crippen LogP contribution in [0.4, 0.5) is 6.01 Å². The first kappa shape index (κ1) is 14.8. The molecule has 0 aliphatic carbocycles. The minimum absolute atomic E-state index is 0.00529. The topological polar surface area (TPSA) is 94.1 Å². The molecule has 0 radical (unpaired) electrons. The van der Waals surface area contributed by atoms with Gasteiger partial charge in [-0.15, -0.1) is 5.10 Å². The Balaban J connectivity index is 1.54. The van der Waals surface area contributed by atoms with Crippen LogP contribution < -0.4 is 5.32 Å². The van der Waals surface area contributed by atoms with Gasteiger partial charge in [0.15, 0.2) is 5.76 Å². The maximum Gasteiger partial charge on any atom is 0.322 e. The van der Waals surface area contributed by atoms with E-state index in [1.165, 1.54) is 6.26 Å². The molecule has 0 spiro atoms. The third-order valence-electron chi connectivity index (χ3n) is 3.52. The molecule has 3 heterocycles. The zero-order valence-electron chi connectivity index (χ0n) is 12.9. The summed E-state index contributed by atoms with van der Waals surface area (Å²) in [6.45, 7) is 0. The average molecular weight is 332 g/mol. The molecule has 0 unspecified atom stereocenters. The van der Waals surface area contributed by atoms with E-state index in [1.807, 2.05) is 24.3 Å². The van der Waals surface area contributed by atoms with Crippen LogP contribution in [0.15, 0.2) is 76.0 Å². The van der Waals surface area contributed by atoms with Crippen LogP contribution in [0.5, 0.6) is 0 Å². The van der Waals surface area contributed by atoms with Gasteiger partial charge >= 0.3 is 6.01 Å². The predicted octanol–water partition coefficient (Wildman–Crippen LogP) is 3.64. The van der Waals surface area contributed by atoms with Crippen molar-refractivity contribution >= 4 is 11.9 Å². The van der Waals surface area contributed by atoms with Gasteiger partial charge in [-0.25, -0.2) is 0 Å². The number of carbonyl (C=O) groups excluding carboxylic acids is 1. The van der Waals surface area contributed by atoms with Gasteiger partial charge in [-0.05, 0) is 47.5 Å². The van der Waals surface area contributed by atoms with Crippen LogP contribution in [0.2, 0.25) is 0 Å². The van der Waals surface area contributed by atoms with Crippen molar-refractivity contribution in [1.82, 2.24) is 15.2 Å². The molecule has 0 fully saturated rings. The van der Waals surface area contributed by atoms with Crippen molar-refractivity contribution in [2.45, 2.75) is 0 Å². The molecule has 7 heteroatoms. The summed E-state index contributed by atoms with van der Waals surface area (Å²) in [5.41, 5.74) is 2.37. The molecular weight excluding hydrogens is 320 g/mol. The van der Waals surface area contributed by atoms with E-state index < -0.39 is 0 Å². The maximum absolute atomic E-state index is 12.4. The zero-order valence-corrected chi connectivity index (χ0v) is 12.9. The first-order valence-corrected chi connectivity index (χ1v) is 7.49. The molecule has 0 aliphatic rings. The second-order valence-electron chi connectivity index (χ2n) is 5.16. The lowest BCUT2D eigenvalue weighted by molar-refractivity contribution is 0.102. The largest absolute Gasteiger partial charge is 0.459 e. The summed E-state index contributed by atoms with van der Waals surface area (Å²) in [6.07, 6.45) is 4.91. The highest BCUT2D eigenvalue weighted by molar-refractivity contribution is 6.03. The first-order chi connectivity index (χ1) is 12.3. The summed E-state index contributed by atoms with van der Waals surface area (Å²) in [5, 5.41) is 10.2. The smallest absolute Gasteiger partial charge is 0.322 e. The Morgan fingerprint density at radius 1 is 0.960 bits per heavy atom. The lowest BCUT2D eigenvalue weighted by Crippen LogP contribution is -2.12. The van der Waals surface area contributed by atoms with Gasteiger partial charge in [0, 0.05) is 18.0 Å². The van der Waals surface area contributed by atoms with E-state index in [2.05, 4.69) is 20.5 Å². The van der Waals surface area contributed by atoms with Crippen LogP contribution in [-0.2, 0) is 0 Å². The summed E-state index contributed by atoms with van der Waals surface area (Å²) in [6, 6.07) is 14.4. The van der Waals surface area contributed by atoms with Gasteiger partial charge in [0.05, 0.1) is 6.26 Å². The van der Waals surface area contributed by atoms with E-state index in [0.29, 0.717) is 11.3 Å². The second-order valence-corrected chi connectivity index (χ2v) is 5.16. The van der Waals surface area contributed by atoms with Gasteiger partial charge in [-0.2, -0.15) is 0 Å². The van der Waals surface area contributed by atoms with Crippen LogP contribution in [0.25, 0.3) is 22.8 Å². The SMILES string of the molecule is O=C(Nc1nnc(-c2ccco2)o1)c1cccc(-c2ccncc2)c1. The number of hydrogen-bond donors (Lipinski definition) is 1. The van der Waals surface area contributed by atoms with Crippen LogP contribution in [0.1, 0.15) is 10.4 Å². The molecule has 0 bridgehead atoms. The number of hydrogen-bond acceptors (Lipinski definition) is 6. The van der Waals surface area contributed by atoms with Crippen molar-refractivity contribution in [3.05, 3.63) is 72.8 Å². The van der Waals surface area contributed by atoms with Gasteiger partial charge in [0.1, 0.15) is 0 Å². The molecule has 0 saturated heterocycles. The normalized spacial score (nSPS) is 10.6. The molecule has 0 saturated carbocycles. The van der Waals surface area contributed by atoms with Crippen molar-refractivity contribution in [2.24, 2.45) is 0 Å². The Morgan fingerprint density at radius 3 is 2.64 bits per heavy atom. The number of pyridine rings is 1. The van der Waals surface area contributed by atoms with Crippen molar-refractivity contribution < 1.29 is 13.6 Å². The van der Waals surface area contributed by atoms with Crippen LogP contribution >= 0.6 is 0 Å². The molecule has 1 aromatic carbocycles. The first-order valence-electron chi connectivity index (χ1n) is 7.49. The number of nitrogens with one attached hydrogen (secondary N) is 1. The number of nitrogens with zero attached hydrogens (tertiary/aromatic N) is 3. The molecule has 4 aromatic rings. The minimum atomic E-state index is -0.342. The minimum Gasteiger partial charge on any atom is -0.459 e. The van der Waals surface area contributed by atoms with E-state index in [-0.39, 0.29) is 17.8 Å². The summed E-state index contributed by atoms with van der Waals surface area (Å²) < 4.78 is 10.6. The van der Waals surface area contributed by atoms with E-state index in [0.717, 1.165) is 11.1 Å².